The van der Waals surface area contributed by atoms with Crippen LogP contribution in [0.4, 0.5) is 5.69 Å². The van der Waals surface area contributed by atoms with Crippen molar-refractivity contribution in [2.45, 2.75) is 26.9 Å². The van der Waals surface area contributed by atoms with E-state index < -0.39 is 17.0 Å². The van der Waals surface area contributed by atoms with Gasteiger partial charge in [0.05, 0.1) is 29.4 Å². The van der Waals surface area contributed by atoms with E-state index in [4.69, 9.17) is 9.47 Å². The van der Waals surface area contributed by atoms with Gasteiger partial charge in [0.15, 0.2) is 6.10 Å². The van der Waals surface area contributed by atoms with E-state index in [1.807, 2.05) is 0 Å². The number of benzene rings is 1. The second kappa shape index (κ2) is 7.16. The number of rotatable bonds is 6. The quantitative estimate of drug-likeness (QED) is 0.372. The van der Waals surface area contributed by atoms with Gasteiger partial charge in [0.25, 0.3) is 5.69 Å². The molecule has 8 heteroatoms. The van der Waals surface area contributed by atoms with Gasteiger partial charge in [-0.25, -0.2) is 4.79 Å². The van der Waals surface area contributed by atoms with Gasteiger partial charge in [-0.2, -0.15) is 0 Å². The van der Waals surface area contributed by atoms with E-state index in [1.165, 1.54) is 38.3 Å². The molecule has 0 bridgehead atoms. The molecule has 0 radical (unpaired) electrons. The van der Waals surface area contributed by atoms with E-state index >= 15 is 0 Å². The smallest absolute Gasteiger partial charge is 0.339 e. The number of carbonyl (C=O) groups excluding carboxylic acids is 2. The molecule has 0 aliphatic carbocycles. The van der Waals surface area contributed by atoms with Crippen LogP contribution < -0.4 is 4.74 Å². The van der Waals surface area contributed by atoms with Crippen LogP contribution in [-0.2, 0) is 4.74 Å². The molecule has 132 valence electrons. The van der Waals surface area contributed by atoms with Gasteiger partial charge < -0.3 is 14.5 Å². The van der Waals surface area contributed by atoms with Crippen LogP contribution in [0.3, 0.4) is 0 Å². The van der Waals surface area contributed by atoms with Gasteiger partial charge in [0.1, 0.15) is 5.75 Å². The van der Waals surface area contributed by atoms with Crippen molar-refractivity contribution in [1.82, 2.24) is 4.98 Å². The Balaban J connectivity index is 2.25. The first-order chi connectivity index (χ1) is 11.8. The second-order valence-electron chi connectivity index (χ2n) is 5.50. The average molecular weight is 346 g/mol. The van der Waals surface area contributed by atoms with Gasteiger partial charge in [-0.1, -0.05) is 6.07 Å². The minimum absolute atomic E-state index is 0.128. The van der Waals surface area contributed by atoms with Gasteiger partial charge in [-0.15, -0.1) is 0 Å². The fourth-order valence-corrected chi connectivity index (χ4v) is 2.54. The first-order valence-electron chi connectivity index (χ1n) is 7.49. The molecule has 0 aliphatic rings. The summed E-state index contributed by atoms with van der Waals surface area (Å²) in [5.74, 6) is -0.691. The molecule has 0 saturated heterocycles. The SMILES string of the molecule is COC(=O)c1c(C)[nH]c(C(=O)[C@H](C)Oc2cccc([N+](=O)[O-])c2)c1C. The van der Waals surface area contributed by atoms with Crippen LogP contribution in [0.15, 0.2) is 24.3 Å². The maximum absolute atomic E-state index is 12.6. The van der Waals surface area contributed by atoms with Crippen LogP contribution in [0.25, 0.3) is 0 Å². The molecule has 2 rings (SSSR count). The Morgan fingerprint density at radius 3 is 2.56 bits per heavy atom. The Morgan fingerprint density at radius 2 is 1.96 bits per heavy atom. The third-order valence-electron chi connectivity index (χ3n) is 3.78. The van der Waals surface area contributed by atoms with E-state index in [0.29, 0.717) is 16.8 Å². The summed E-state index contributed by atoms with van der Waals surface area (Å²) < 4.78 is 10.2. The minimum Gasteiger partial charge on any atom is -0.482 e. The molecule has 1 aromatic heterocycles. The maximum Gasteiger partial charge on any atom is 0.339 e. The molecule has 1 atom stereocenters. The number of nitro benzene ring substituents is 1. The predicted octanol–water partition coefficient (Wildman–Crippen LogP) is 2.98. The van der Waals surface area contributed by atoms with E-state index in [2.05, 4.69) is 4.98 Å². The summed E-state index contributed by atoms with van der Waals surface area (Å²) in [6.45, 7) is 4.85. The van der Waals surface area contributed by atoms with Crippen molar-refractivity contribution in [2.75, 3.05) is 7.11 Å². The Labute approximate surface area is 143 Å². The summed E-state index contributed by atoms with van der Waals surface area (Å²) >= 11 is 0. The molecule has 1 aromatic carbocycles. The summed E-state index contributed by atoms with van der Waals surface area (Å²) in [6, 6.07) is 5.59. The van der Waals surface area contributed by atoms with Gasteiger partial charge >= 0.3 is 5.97 Å². The van der Waals surface area contributed by atoms with Crippen LogP contribution >= 0.6 is 0 Å². The zero-order valence-corrected chi connectivity index (χ0v) is 14.3. The molecule has 8 nitrogen and oxygen atoms in total. The number of esters is 1. The van der Waals surface area contributed by atoms with Crippen molar-refractivity contribution in [1.29, 1.82) is 0 Å². The van der Waals surface area contributed by atoms with E-state index in [9.17, 15) is 19.7 Å². The second-order valence-corrected chi connectivity index (χ2v) is 5.50. The lowest BCUT2D eigenvalue weighted by Gasteiger charge is -2.13. The van der Waals surface area contributed by atoms with Crippen LogP contribution in [-0.4, -0.2) is 34.9 Å². The number of hydrogen-bond donors (Lipinski definition) is 1. The summed E-state index contributed by atoms with van der Waals surface area (Å²) in [5.41, 5.74) is 1.43. The third-order valence-corrected chi connectivity index (χ3v) is 3.78. The topological polar surface area (TPSA) is 112 Å². The van der Waals surface area contributed by atoms with Gasteiger partial charge in [0, 0.05) is 11.8 Å². The highest BCUT2D eigenvalue weighted by Gasteiger charge is 2.26. The number of ether oxygens (including phenoxy) is 2. The van der Waals surface area contributed by atoms with Crippen molar-refractivity contribution in [3.05, 3.63) is 56.9 Å². The number of carbonyl (C=O) groups is 2. The zero-order chi connectivity index (χ0) is 18.7. The highest BCUT2D eigenvalue weighted by Crippen LogP contribution is 2.23. The fraction of sp³-hybridized carbons (Fsp3) is 0.294. The number of nitrogens with one attached hydrogen (secondary N) is 1. The number of hydrogen-bond acceptors (Lipinski definition) is 6. The first-order valence-corrected chi connectivity index (χ1v) is 7.49. The number of nitro groups is 1. The van der Waals surface area contributed by atoms with E-state index in [1.54, 1.807) is 13.8 Å². The fourth-order valence-electron chi connectivity index (χ4n) is 2.54. The van der Waals surface area contributed by atoms with Crippen molar-refractivity contribution in [3.63, 3.8) is 0 Å². The van der Waals surface area contributed by atoms with Crippen LogP contribution in [0.5, 0.6) is 5.75 Å². The maximum atomic E-state index is 12.6. The first kappa shape index (κ1) is 18.2. The largest absolute Gasteiger partial charge is 0.482 e. The standard InChI is InChI=1S/C17H18N2O6/c1-9-14(17(21)24-4)10(2)18-15(9)16(20)11(3)25-13-7-5-6-12(8-13)19(22)23/h5-8,11,18H,1-4H3/t11-/m0/s1. The molecular formula is C17H18N2O6. The molecule has 0 fully saturated rings. The summed E-state index contributed by atoms with van der Waals surface area (Å²) in [7, 11) is 1.27. The van der Waals surface area contributed by atoms with Crippen LogP contribution in [0.2, 0.25) is 0 Å². The molecule has 1 N–H and O–H groups in total. The normalized spacial score (nSPS) is 11.7. The lowest BCUT2D eigenvalue weighted by atomic mass is 10.1. The number of H-pyrrole nitrogens is 1. The number of methoxy groups -OCH3 is 1. The van der Waals surface area contributed by atoms with Crippen LogP contribution in [0.1, 0.15) is 39.0 Å². The molecule has 0 aliphatic heterocycles. The minimum atomic E-state index is -0.899. The number of aromatic amines is 1. The lowest BCUT2D eigenvalue weighted by molar-refractivity contribution is -0.384. The van der Waals surface area contributed by atoms with Gasteiger partial charge in [-0.05, 0) is 32.4 Å². The number of ketones is 1. The molecule has 0 amide bonds. The molecule has 0 spiro atoms. The Morgan fingerprint density at radius 1 is 1.28 bits per heavy atom. The number of aryl methyl sites for hydroxylation is 1. The third kappa shape index (κ3) is 3.68. The number of Topliss-reactive ketones (excluding diaryl/α,β-unsaturated/α-hetero) is 1. The summed E-state index contributed by atoms with van der Waals surface area (Å²) in [4.78, 5) is 37.6. The monoisotopic (exact) mass is 346 g/mol. The Kier molecular flexibility index (Phi) is 5.21. The Hall–Kier alpha value is -3.16. The van der Waals surface area contributed by atoms with Crippen molar-refractivity contribution in [3.8, 4) is 5.75 Å². The van der Waals surface area contributed by atoms with Crippen molar-refractivity contribution >= 4 is 17.4 Å². The Bertz CT molecular complexity index is 840. The zero-order valence-electron chi connectivity index (χ0n) is 14.3. The summed E-state index contributed by atoms with van der Waals surface area (Å²) in [5, 5.41) is 10.8. The average Bonchev–Trinajstić information content (AvgIpc) is 2.88. The van der Waals surface area contributed by atoms with Gasteiger partial charge in [-0.3, -0.25) is 14.9 Å². The molecule has 0 saturated carbocycles. The predicted molar refractivity (Wildman–Crippen MR) is 89.1 cm³/mol. The molecule has 25 heavy (non-hydrogen) atoms. The number of non-ortho nitro benzene ring substituents is 1. The van der Waals surface area contributed by atoms with Crippen LogP contribution in [0, 0.1) is 24.0 Å². The van der Waals surface area contributed by atoms with E-state index in [0.717, 1.165) is 0 Å². The highest BCUT2D eigenvalue weighted by molar-refractivity contribution is 6.03. The van der Waals surface area contributed by atoms with Crippen molar-refractivity contribution in [2.24, 2.45) is 0 Å². The molecule has 0 unspecified atom stereocenters. The summed E-state index contributed by atoms with van der Waals surface area (Å²) in [6.07, 6.45) is -0.899. The molecule has 1 heterocycles. The molecular weight excluding hydrogens is 328 g/mol. The number of aromatic nitrogens is 1. The van der Waals surface area contributed by atoms with Crippen molar-refractivity contribution < 1.29 is 24.0 Å². The van der Waals surface area contributed by atoms with Gasteiger partial charge in [0.2, 0.25) is 5.78 Å². The number of nitrogens with zero attached hydrogens (tertiary/aromatic N) is 1. The highest BCUT2D eigenvalue weighted by atomic mass is 16.6. The molecule has 2 aromatic rings. The lowest BCUT2D eigenvalue weighted by Crippen LogP contribution is -2.25. The van der Waals surface area contributed by atoms with E-state index in [-0.39, 0.29) is 22.9 Å².